The monoisotopic (exact) mass is 385 g/mol. The van der Waals surface area contributed by atoms with Crippen LogP contribution in [0, 0.1) is 0 Å². The number of hydrogen-bond acceptors (Lipinski definition) is 4. The van der Waals surface area contributed by atoms with Gasteiger partial charge in [-0.3, -0.25) is 18.7 Å². The average molecular weight is 385 g/mol. The molecule has 0 bridgehead atoms. The van der Waals surface area contributed by atoms with Crippen LogP contribution in [0.15, 0.2) is 39.9 Å². The van der Waals surface area contributed by atoms with Gasteiger partial charge in [0.15, 0.2) is 0 Å². The van der Waals surface area contributed by atoms with E-state index in [2.05, 4.69) is 0 Å². The molecule has 7 nitrogen and oxygen atoms in total. The van der Waals surface area contributed by atoms with Crippen molar-refractivity contribution >= 4 is 11.6 Å². The van der Waals surface area contributed by atoms with Gasteiger partial charge in [-0.1, -0.05) is 36.8 Å². The molecule has 28 heavy (non-hydrogen) atoms. The Labute approximate surface area is 164 Å². The molecule has 1 aliphatic heterocycles. The Morgan fingerprint density at radius 2 is 1.64 bits per heavy atom. The Bertz CT molecular complexity index is 939. The van der Waals surface area contributed by atoms with Crippen LogP contribution in [-0.4, -0.2) is 34.6 Å². The molecule has 1 aromatic heterocycles. The van der Waals surface area contributed by atoms with Crippen molar-refractivity contribution in [3.63, 3.8) is 0 Å². The smallest absolute Gasteiger partial charge is 0.332 e. The number of rotatable bonds is 5. The lowest BCUT2D eigenvalue weighted by atomic mass is 10.1. The summed E-state index contributed by atoms with van der Waals surface area (Å²) >= 11 is 0. The first kappa shape index (κ1) is 20.1. The lowest BCUT2D eigenvalue weighted by molar-refractivity contribution is -0.892. The number of nitrogen functional groups attached to an aromatic ring is 1. The maximum absolute atomic E-state index is 13.0. The highest BCUT2D eigenvalue weighted by Crippen LogP contribution is 2.09. The molecule has 0 saturated carbocycles. The molecule has 0 spiro atoms. The molecule has 2 aromatic rings. The van der Waals surface area contributed by atoms with E-state index in [1.54, 1.807) is 0 Å². The van der Waals surface area contributed by atoms with Crippen molar-refractivity contribution in [3.05, 3.63) is 62.3 Å². The van der Waals surface area contributed by atoms with Crippen molar-refractivity contribution < 1.29 is 9.69 Å². The number of ketones is 1. The lowest BCUT2D eigenvalue weighted by Gasteiger charge is -2.21. The number of benzene rings is 1. The molecule has 3 N–H and O–H groups in total. The second-order valence-corrected chi connectivity index (χ2v) is 7.60. The zero-order valence-corrected chi connectivity index (χ0v) is 16.4. The fourth-order valence-corrected chi connectivity index (χ4v) is 3.86. The Kier molecular flexibility index (Phi) is 6.46. The number of aromatic nitrogens is 2. The van der Waals surface area contributed by atoms with E-state index in [1.165, 1.54) is 35.8 Å². The fraction of sp³-hybridized carbons (Fsp3) is 0.476. The van der Waals surface area contributed by atoms with Crippen LogP contribution in [0.5, 0.6) is 0 Å². The van der Waals surface area contributed by atoms with Gasteiger partial charge in [0.1, 0.15) is 17.9 Å². The minimum Gasteiger partial charge on any atom is -0.384 e. The van der Waals surface area contributed by atoms with Gasteiger partial charge in [0.05, 0.1) is 19.6 Å². The number of Topliss-reactive ketones (excluding diaryl/α,β-unsaturated/α-hetero) is 1. The van der Waals surface area contributed by atoms with Crippen molar-refractivity contribution in [2.24, 2.45) is 7.05 Å². The summed E-state index contributed by atoms with van der Waals surface area (Å²) in [6, 6.07) is 9.38. The fourth-order valence-electron chi connectivity index (χ4n) is 3.86. The van der Waals surface area contributed by atoms with Crippen molar-refractivity contribution in [2.45, 2.75) is 38.6 Å². The van der Waals surface area contributed by atoms with Crippen LogP contribution in [-0.2, 0) is 13.6 Å². The van der Waals surface area contributed by atoms with E-state index >= 15 is 0 Å². The van der Waals surface area contributed by atoms with Crippen LogP contribution in [0.1, 0.15) is 48.0 Å². The van der Waals surface area contributed by atoms with Crippen LogP contribution >= 0.6 is 0 Å². The standard InChI is InChI=1S/C21H28N4O3/c1-23-20(27)18(17(26)15-24-12-8-3-2-4-9-13-24)19(22)25(21(23)28)14-16-10-6-5-7-11-16/h5-7,10-11H,2-4,8-9,12-15,22H2,1H3/p+1. The maximum Gasteiger partial charge on any atom is 0.332 e. The van der Waals surface area contributed by atoms with Gasteiger partial charge < -0.3 is 10.6 Å². The quantitative estimate of drug-likeness (QED) is 0.720. The minimum absolute atomic E-state index is 0.0339. The van der Waals surface area contributed by atoms with E-state index in [0.717, 1.165) is 36.1 Å². The van der Waals surface area contributed by atoms with Gasteiger partial charge in [-0.15, -0.1) is 0 Å². The molecule has 3 rings (SSSR count). The third-order valence-electron chi connectivity index (χ3n) is 5.52. The Morgan fingerprint density at radius 1 is 1.04 bits per heavy atom. The van der Waals surface area contributed by atoms with Gasteiger partial charge in [0.25, 0.3) is 5.56 Å². The predicted molar refractivity (Wildman–Crippen MR) is 109 cm³/mol. The highest BCUT2D eigenvalue weighted by Gasteiger charge is 2.25. The SMILES string of the molecule is Cn1c(=O)c(C(=O)C[NH+]2CCCCCCC2)c(N)n(Cc2ccccc2)c1=O. The summed E-state index contributed by atoms with van der Waals surface area (Å²) in [5.41, 5.74) is 5.88. The van der Waals surface area contributed by atoms with E-state index < -0.39 is 11.2 Å². The van der Waals surface area contributed by atoms with Crippen molar-refractivity contribution in [3.8, 4) is 0 Å². The zero-order chi connectivity index (χ0) is 20.1. The molecule has 1 saturated heterocycles. The van der Waals surface area contributed by atoms with E-state index in [1.807, 2.05) is 30.3 Å². The average Bonchev–Trinajstić information content (AvgIpc) is 2.66. The Hall–Kier alpha value is -2.67. The molecule has 2 heterocycles. The first-order valence-electron chi connectivity index (χ1n) is 9.99. The molecular formula is C21H29N4O3+. The topological polar surface area (TPSA) is 91.5 Å². The minimum atomic E-state index is -0.608. The predicted octanol–water partition coefficient (Wildman–Crippen LogP) is 0.209. The highest BCUT2D eigenvalue weighted by molar-refractivity contribution is 6.00. The third-order valence-corrected chi connectivity index (χ3v) is 5.52. The zero-order valence-electron chi connectivity index (χ0n) is 16.4. The van der Waals surface area contributed by atoms with Gasteiger partial charge in [-0.2, -0.15) is 0 Å². The summed E-state index contributed by atoms with van der Waals surface area (Å²) in [6.45, 7) is 2.31. The summed E-state index contributed by atoms with van der Waals surface area (Å²) in [7, 11) is 1.39. The Morgan fingerprint density at radius 3 is 2.29 bits per heavy atom. The van der Waals surface area contributed by atoms with E-state index in [-0.39, 0.29) is 30.3 Å². The number of carbonyl (C=O) groups is 1. The molecule has 0 aliphatic carbocycles. The molecule has 150 valence electrons. The van der Waals surface area contributed by atoms with Gasteiger partial charge in [-0.25, -0.2) is 4.79 Å². The number of carbonyl (C=O) groups excluding carboxylic acids is 1. The molecule has 1 fully saturated rings. The van der Waals surface area contributed by atoms with Crippen LogP contribution in [0.2, 0.25) is 0 Å². The van der Waals surface area contributed by atoms with Crippen LogP contribution < -0.4 is 21.9 Å². The molecule has 0 amide bonds. The van der Waals surface area contributed by atoms with Crippen LogP contribution in [0.4, 0.5) is 5.82 Å². The largest absolute Gasteiger partial charge is 0.384 e. The van der Waals surface area contributed by atoms with Gasteiger partial charge in [0, 0.05) is 7.05 Å². The molecule has 0 radical (unpaired) electrons. The lowest BCUT2D eigenvalue weighted by Crippen LogP contribution is -3.13. The summed E-state index contributed by atoms with van der Waals surface area (Å²) in [5.74, 6) is -0.316. The number of hydrogen-bond donors (Lipinski definition) is 2. The van der Waals surface area contributed by atoms with Crippen LogP contribution in [0.25, 0.3) is 0 Å². The van der Waals surface area contributed by atoms with E-state index in [0.29, 0.717) is 0 Å². The molecule has 1 aromatic carbocycles. The molecule has 0 atom stereocenters. The van der Waals surface area contributed by atoms with Crippen molar-refractivity contribution in [1.29, 1.82) is 0 Å². The summed E-state index contributed by atoms with van der Waals surface area (Å²) in [6.07, 6.45) is 5.79. The van der Waals surface area contributed by atoms with Gasteiger partial charge in [0.2, 0.25) is 5.78 Å². The Balaban J connectivity index is 1.92. The summed E-state index contributed by atoms with van der Waals surface area (Å²) < 4.78 is 2.29. The summed E-state index contributed by atoms with van der Waals surface area (Å²) in [5, 5.41) is 0. The number of likely N-dealkylation sites (tertiary alicyclic amines) is 1. The first-order valence-corrected chi connectivity index (χ1v) is 9.99. The number of nitrogens with one attached hydrogen (secondary N) is 1. The van der Waals surface area contributed by atoms with Crippen LogP contribution in [0.3, 0.4) is 0 Å². The van der Waals surface area contributed by atoms with E-state index in [4.69, 9.17) is 5.73 Å². The molecule has 1 aliphatic rings. The second-order valence-electron chi connectivity index (χ2n) is 7.60. The normalized spacial score (nSPS) is 15.8. The van der Waals surface area contributed by atoms with Gasteiger partial charge in [-0.05, 0) is 31.2 Å². The van der Waals surface area contributed by atoms with E-state index in [9.17, 15) is 14.4 Å². The highest BCUT2D eigenvalue weighted by atomic mass is 16.2. The number of quaternary nitrogens is 1. The number of nitrogens with two attached hydrogens (primary N) is 1. The third kappa shape index (κ3) is 4.42. The van der Waals surface area contributed by atoms with Gasteiger partial charge >= 0.3 is 5.69 Å². The number of nitrogens with zero attached hydrogens (tertiary/aromatic N) is 2. The summed E-state index contributed by atoms with van der Waals surface area (Å²) in [4.78, 5) is 39.4. The molecule has 7 heteroatoms. The van der Waals surface area contributed by atoms with Crippen molar-refractivity contribution in [1.82, 2.24) is 9.13 Å². The first-order chi connectivity index (χ1) is 13.5. The molecule has 0 unspecified atom stereocenters. The van der Waals surface area contributed by atoms with Crippen molar-refractivity contribution in [2.75, 3.05) is 25.4 Å². The number of anilines is 1. The molecular weight excluding hydrogens is 356 g/mol. The second kappa shape index (κ2) is 9.01. The maximum atomic E-state index is 13.0.